The van der Waals surface area contributed by atoms with E-state index >= 15 is 0 Å². The minimum Gasteiger partial charge on any atom is -0.493 e. The van der Waals surface area contributed by atoms with Gasteiger partial charge in [-0.25, -0.2) is 5.43 Å². The number of rotatable bonds is 8. The molecule has 0 radical (unpaired) electrons. The normalized spacial score (nSPS) is 10.6. The van der Waals surface area contributed by atoms with E-state index in [1.54, 1.807) is 60.7 Å². The zero-order chi connectivity index (χ0) is 22.9. The van der Waals surface area contributed by atoms with E-state index in [2.05, 4.69) is 31.8 Å². The van der Waals surface area contributed by atoms with E-state index in [0.29, 0.717) is 37.8 Å². The summed E-state index contributed by atoms with van der Waals surface area (Å²) in [4.78, 5) is 24.2. The molecule has 0 saturated heterocycles. The molecule has 3 aromatic carbocycles. The Labute approximate surface area is 198 Å². The predicted octanol–water partition coefficient (Wildman–Crippen LogP) is 4.89. The van der Waals surface area contributed by atoms with Gasteiger partial charge in [-0.1, -0.05) is 29.8 Å². The summed E-state index contributed by atoms with van der Waals surface area (Å²) < 4.78 is 11.6. The van der Waals surface area contributed by atoms with Gasteiger partial charge in [-0.15, -0.1) is 0 Å². The summed E-state index contributed by atoms with van der Waals surface area (Å²) in [5, 5.41) is 7.28. The molecule has 3 aromatic rings. The van der Waals surface area contributed by atoms with Crippen LogP contribution in [0.1, 0.15) is 15.9 Å². The van der Waals surface area contributed by atoms with Crippen LogP contribution in [0.5, 0.6) is 11.5 Å². The average molecular weight is 517 g/mol. The van der Waals surface area contributed by atoms with Crippen LogP contribution in [-0.4, -0.2) is 31.7 Å². The molecule has 0 saturated carbocycles. The highest BCUT2D eigenvalue weighted by Crippen LogP contribution is 2.36. The Kier molecular flexibility index (Phi) is 8.24. The molecule has 0 spiro atoms. The fourth-order valence-electron chi connectivity index (χ4n) is 2.64. The van der Waals surface area contributed by atoms with E-state index in [4.69, 9.17) is 21.1 Å². The lowest BCUT2D eigenvalue weighted by Crippen LogP contribution is -2.20. The van der Waals surface area contributed by atoms with Crippen LogP contribution >= 0.6 is 27.5 Å². The Hall–Kier alpha value is -3.36. The maximum atomic E-state index is 12.2. The van der Waals surface area contributed by atoms with E-state index in [9.17, 15) is 9.59 Å². The third-order valence-corrected chi connectivity index (χ3v) is 4.98. The first-order valence-corrected chi connectivity index (χ1v) is 10.6. The van der Waals surface area contributed by atoms with Crippen LogP contribution in [0.2, 0.25) is 5.02 Å². The molecule has 0 fully saturated rings. The number of carbonyl (C=O) groups is 2. The van der Waals surface area contributed by atoms with Gasteiger partial charge < -0.3 is 14.8 Å². The van der Waals surface area contributed by atoms with Crippen LogP contribution in [0, 0.1) is 0 Å². The number of hydrogen-bond acceptors (Lipinski definition) is 5. The molecule has 0 heterocycles. The van der Waals surface area contributed by atoms with Crippen molar-refractivity contribution >= 4 is 51.2 Å². The molecule has 0 aromatic heterocycles. The van der Waals surface area contributed by atoms with Crippen LogP contribution < -0.4 is 20.2 Å². The molecule has 0 aliphatic heterocycles. The molecule has 9 heteroatoms. The minimum atomic E-state index is -0.337. The van der Waals surface area contributed by atoms with Gasteiger partial charge in [0.05, 0.1) is 17.8 Å². The second-order valence-electron chi connectivity index (χ2n) is 6.44. The number of benzene rings is 3. The first-order valence-electron chi connectivity index (χ1n) is 9.40. The van der Waals surface area contributed by atoms with Gasteiger partial charge in [0.1, 0.15) is 0 Å². The van der Waals surface area contributed by atoms with Gasteiger partial charge in [0.15, 0.2) is 18.1 Å². The smallest absolute Gasteiger partial charge is 0.271 e. The Morgan fingerprint density at radius 3 is 2.50 bits per heavy atom. The second kappa shape index (κ2) is 11.3. The first kappa shape index (κ1) is 23.3. The van der Waals surface area contributed by atoms with Crippen molar-refractivity contribution in [3.63, 3.8) is 0 Å². The van der Waals surface area contributed by atoms with Crippen molar-refractivity contribution in [2.75, 3.05) is 19.0 Å². The highest BCUT2D eigenvalue weighted by molar-refractivity contribution is 9.10. The van der Waals surface area contributed by atoms with E-state index in [0.717, 1.165) is 0 Å². The first-order chi connectivity index (χ1) is 15.5. The van der Waals surface area contributed by atoms with Crippen LogP contribution in [0.4, 0.5) is 5.69 Å². The lowest BCUT2D eigenvalue weighted by atomic mass is 10.2. The summed E-state index contributed by atoms with van der Waals surface area (Å²) in [6, 6.07) is 18.9. The van der Waals surface area contributed by atoms with E-state index in [1.807, 2.05) is 6.07 Å². The molecular formula is C23H19BrClN3O4. The predicted molar refractivity (Wildman–Crippen MR) is 128 cm³/mol. The van der Waals surface area contributed by atoms with E-state index in [1.165, 1.54) is 13.3 Å². The van der Waals surface area contributed by atoms with Gasteiger partial charge in [-0.05, 0) is 70.0 Å². The van der Waals surface area contributed by atoms with Crippen molar-refractivity contribution in [1.29, 1.82) is 0 Å². The fraction of sp³-hybridized carbons (Fsp3) is 0.0870. The third-order valence-electron chi connectivity index (χ3n) is 4.14. The van der Waals surface area contributed by atoms with Crippen molar-refractivity contribution < 1.29 is 19.1 Å². The zero-order valence-electron chi connectivity index (χ0n) is 17.0. The Balaban J connectivity index is 1.62. The molecule has 2 N–H and O–H groups in total. The number of halogens is 2. The number of amides is 2. The SMILES string of the molecule is COc1cc(/C=N/NC(=O)c2ccccc2)cc(Br)c1OCC(=O)Nc1ccc(Cl)cc1. The summed E-state index contributed by atoms with van der Waals surface area (Å²) in [5.74, 6) is 0.105. The van der Waals surface area contributed by atoms with E-state index < -0.39 is 0 Å². The van der Waals surface area contributed by atoms with Crippen LogP contribution in [0.25, 0.3) is 0 Å². The lowest BCUT2D eigenvalue weighted by Gasteiger charge is -2.13. The summed E-state index contributed by atoms with van der Waals surface area (Å²) in [7, 11) is 1.49. The van der Waals surface area contributed by atoms with Crippen LogP contribution in [0.15, 0.2) is 76.3 Å². The molecule has 0 unspecified atom stereocenters. The van der Waals surface area contributed by atoms with Crippen molar-refractivity contribution in [3.05, 3.63) is 87.4 Å². The van der Waals surface area contributed by atoms with Gasteiger partial charge in [-0.3, -0.25) is 9.59 Å². The number of anilines is 1. The monoisotopic (exact) mass is 515 g/mol. The number of hydrogen-bond donors (Lipinski definition) is 2. The summed E-state index contributed by atoms with van der Waals surface area (Å²) >= 11 is 9.26. The number of methoxy groups -OCH3 is 1. The third kappa shape index (κ3) is 6.57. The number of nitrogens with zero attached hydrogens (tertiary/aromatic N) is 1. The molecule has 2 amide bonds. The molecular weight excluding hydrogens is 498 g/mol. The van der Waals surface area contributed by atoms with Crippen molar-refractivity contribution in [1.82, 2.24) is 5.43 Å². The molecule has 164 valence electrons. The van der Waals surface area contributed by atoms with Gasteiger partial charge >= 0.3 is 0 Å². The number of nitrogens with one attached hydrogen (secondary N) is 2. The second-order valence-corrected chi connectivity index (χ2v) is 7.73. The van der Waals surface area contributed by atoms with Crippen molar-refractivity contribution in [2.24, 2.45) is 5.10 Å². The average Bonchev–Trinajstić information content (AvgIpc) is 2.80. The summed E-state index contributed by atoms with van der Waals surface area (Å²) in [5.41, 5.74) is 4.23. The van der Waals surface area contributed by atoms with Gasteiger partial charge in [0.2, 0.25) is 0 Å². The largest absolute Gasteiger partial charge is 0.493 e. The van der Waals surface area contributed by atoms with Gasteiger partial charge in [-0.2, -0.15) is 5.10 Å². The van der Waals surface area contributed by atoms with Crippen molar-refractivity contribution in [2.45, 2.75) is 0 Å². The molecule has 0 aliphatic carbocycles. The molecule has 7 nitrogen and oxygen atoms in total. The molecule has 32 heavy (non-hydrogen) atoms. The zero-order valence-corrected chi connectivity index (χ0v) is 19.3. The summed E-state index contributed by atoms with van der Waals surface area (Å²) in [6.07, 6.45) is 1.48. The molecule has 0 atom stereocenters. The molecule has 3 rings (SSSR count). The number of hydrazone groups is 1. The highest BCUT2D eigenvalue weighted by Gasteiger charge is 2.13. The van der Waals surface area contributed by atoms with Crippen molar-refractivity contribution in [3.8, 4) is 11.5 Å². The maximum Gasteiger partial charge on any atom is 0.271 e. The lowest BCUT2D eigenvalue weighted by molar-refractivity contribution is -0.118. The topological polar surface area (TPSA) is 89.0 Å². The Morgan fingerprint density at radius 1 is 1.09 bits per heavy atom. The Bertz CT molecular complexity index is 1120. The fourth-order valence-corrected chi connectivity index (χ4v) is 3.34. The van der Waals surface area contributed by atoms with Crippen LogP contribution in [-0.2, 0) is 4.79 Å². The molecule has 0 aliphatic rings. The summed E-state index contributed by atoms with van der Waals surface area (Å²) in [6.45, 7) is -0.224. The van der Waals surface area contributed by atoms with Gasteiger partial charge in [0, 0.05) is 16.3 Å². The quantitative estimate of drug-likeness (QED) is 0.329. The van der Waals surface area contributed by atoms with Gasteiger partial charge in [0.25, 0.3) is 11.8 Å². The number of ether oxygens (including phenoxy) is 2. The highest BCUT2D eigenvalue weighted by atomic mass is 79.9. The van der Waals surface area contributed by atoms with E-state index in [-0.39, 0.29) is 18.4 Å². The number of carbonyl (C=O) groups excluding carboxylic acids is 2. The standard InChI is InChI=1S/C23H19BrClN3O4/c1-31-20-12-15(13-26-28-23(30)16-5-3-2-4-6-16)11-19(24)22(20)32-14-21(29)27-18-9-7-17(25)8-10-18/h2-13H,14H2,1H3,(H,27,29)(H,28,30)/b26-13+. The van der Waals surface area contributed by atoms with Crippen LogP contribution in [0.3, 0.4) is 0 Å². The Morgan fingerprint density at radius 2 is 1.81 bits per heavy atom. The molecule has 0 bridgehead atoms. The maximum absolute atomic E-state index is 12.2. The minimum absolute atomic E-state index is 0.224.